The molecule has 2 nitrogen and oxygen atoms in total. The Morgan fingerprint density at radius 3 is 2.60 bits per heavy atom. The summed E-state index contributed by atoms with van der Waals surface area (Å²) in [6, 6.07) is 16.5. The fourth-order valence-corrected chi connectivity index (χ4v) is 3.35. The number of amides is 1. The van der Waals surface area contributed by atoms with E-state index in [9.17, 15) is 4.79 Å². The highest BCUT2D eigenvalue weighted by Gasteiger charge is 2.16. The van der Waals surface area contributed by atoms with Crippen molar-refractivity contribution in [2.24, 2.45) is 5.73 Å². The molecule has 0 unspecified atom stereocenters. The van der Waals surface area contributed by atoms with Gasteiger partial charge in [-0.25, -0.2) is 0 Å². The maximum Gasteiger partial charge on any atom is 0.248 e. The van der Waals surface area contributed by atoms with Gasteiger partial charge in [0.15, 0.2) is 0 Å². The summed E-state index contributed by atoms with van der Waals surface area (Å²) in [5.74, 6) is -0.339. The Morgan fingerprint density at radius 2 is 1.85 bits per heavy atom. The molecular weight excluding hydrogens is 266 g/mol. The normalized spacial score (nSPS) is 13.5. The molecular formula is C17H15NOS. The van der Waals surface area contributed by atoms with Crippen LogP contribution in [0.3, 0.4) is 0 Å². The summed E-state index contributed by atoms with van der Waals surface area (Å²) >= 11 is 1.73. The number of hydrogen-bond donors (Lipinski definition) is 1. The van der Waals surface area contributed by atoms with E-state index in [1.54, 1.807) is 11.8 Å². The molecule has 1 aliphatic carbocycles. The molecule has 100 valence electrons. The minimum atomic E-state index is -0.339. The van der Waals surface area contributed by atoms with Gasteiger partial charge >= 0.3 is 0 Å². The van der Waals surface area contributed by atoms with Crippen LogP contribution in [0.4, 0.5) is 0 Å². The average molecular weight is 281 g/mol. The van der Waals surface area contributed by atoms with Crippen molar-refractivity contribution in [3.8, 4) is 0 Å². The molecule has 0 bridgehead atoms. The van der Waals surface area contributed by atoms with Gasteiger partial charge in [-0.2, -0.15) is 0 Å². The van der Waals surface area contributed by atoms with Crippen molar-refractivity contribution in [2.75, 3.05) is 0 Å². The lowest BCUT2D eigenvalue weighted by Gasteiger charge is -2.16. The van der Waals surface area contributed by atoms with Crippen molar-refractivity contribution in [1.29, 1.82) is 0 Å². The van der Waals surface area contributed by atoms with Gasteiger partial charge in [-0.05, 0) is 48.2 Å². The molecule has 2 N–H and O–H groups in total. The first-order chi connectivity index (χ1) is 9.74. The number of primary amides is 1. The van der Waals surface area contributed by atoms with Crippen LogP contribution in [0.5, 0.6) is 0 Å². The molecule has 0 fully saturated rings. The van der Waals surface area contributed by atoms with Crippen molar-refractivity contribution in [1.82, 2.24) is 0 Å². The minimum Gasteiger partial charge on any atom is -0.366 e. The SMILES string of the molecule is NC(=O)C1=CCCc2cc(Sc3ccccc3)ccc21. The van der Waals surface area contributed by atoms with E-state index in [1.807, 2.05) is 30.3 Å². The van der Waals surface area contributed by atoms with Crippen molar-refractivity contribution < 1.29 is 4.79 Å². The van der Waals surface area contributed by atoms with Crippen molar-refractivity contribution in [2.45, 2.75) is 22.6 Å². The predicted octanol–water partition coefficient (Wildman–Crippen LogP) is 3.65. The fraction of sp³-hybridized carbons (Fsp3) is 0.118. The zero-order chi connectivity index (χ0) is 13.9. The van der Waals surface area contributed by atoms with Crippen molar-refractivity contribution in [3.05, 3.63) is 65.7 Å². The molecule has 1 amide bonds. The molecule has 2 aromatic rings. The van der Waals surface area contributed by atoms with E-state index in [2.05, 4.69) is 24.3 Å². The maximum absolute atomic E-state index is 11.4. The zero-order valence-corrected chi connectivity index (χ0v) is 11.8. The Labute approximate surface area is 122 Å². The summed E-state index contributed by atoms with van der Waals surface area (Å²) in [6.45, 7) is 0. The van der Waals surface area contributed by atoms with E-state index in [0.29, 0.717) is 5.57 Å². The molecule has 3 rings (SSSR count). The van der Waals surface area contributed by atoms with Crippen LogP contribution in [0.2, 0.25) is 0 Å². The Morgan fingerprint density at radius 1 is 1.05 bits per heavy atom. The molecule has 0 aliphatic heterocycles. The zero-order valence-electron chi connectivity index (χ0n) is 11.0. The molecule has 0 saturated carbocycles. The Hall–Kier alpha value is -2.00. The van der Waals surface area contributed by atoms with Crippen LogP contribution in [-0.2, 0) is 11.2 Å². The largest absolute Gasteiger partial charge is 0.366 e. The molecule has 0 aromatic heterocycles. The van der Waals surface area contributed by atoms with Crippen molar-refractivity contribution >= 4 is 23.2 Å². The number of aryl methyl sites for hydroxylation is 1. The van der Waals surface area contributed by atoms with Crippen LogP contribution >= 0.6 is 11.8 Å². The van der Waals surface area contributed by atoms with Crippen molar-refractivity contribution in [3.63, 3.8) is 0 Å². The number of carbonyl (C=O) groups is 1. The molecule has 0 spiro atoms. The predicted molar refractivity (Wildman–Crippen MR) is 82.5 cm³/mol. The van der Waals surface area contributed by atoms with Gasteiger partial charge in [-0.1, -0.05) is 42.1 Å². The second-order valence-electron chi connectivity index (χ2n) is 4.75. The second kappa shape index (κ2) is 5.55. The highest BCUT2D eigenvalue weighted by atomic mass is 32.2. The summed E-state index contributed by atoms with van der Waals surface area (Å²) in [5.41, 5.74) is 8.28. The third-order valence-electron chi connectivity index (χ3n) is 3.37. The summed E-state index contributed by atoms with van der Waals surface area (Å²) < 4.78 is 0. The number of nitrogens with two attached hydrogens (primary N) is 1. The third-order valence-corrected chi connectivity index (χ3v) is 4.37. The van der Waals surface area contributed by atoms with Gasteiger partial charge in [-0.15, -0.1) is 0 Å². The highest BCUT2D eigenvalue weighted by Crippen LogP contribution is 2.33. The summed E-state index contributed by atoms with van der Waals surface area (Å²) in [6.07, 6.45) is 3.79. The van der Waals surface area contributed by atoms with E-state index in [4.69, 9.17) is 5.73 Å². The molecule has 0 atom stereocenters. The number of allylic oxidation sites excluding steroid dienone is 1. The average Bonchev–Trinajstić information content (AvgIpc) is 2.47. The smallest absolute Gasteiger partial charge is 0.248 e. The molecule has 0 saturated heterocycles. The van der Waals surface area contributed by atoms with E-state index in [-0.39, 0.29) is 5.91 Å². The third kappa shape index (κ3) is 2.63. The van der Waals surface area contributed by atoms with Crippen LogP contribution < -0.4 is 5.73 Å². The number of fused-ring (bicyclic) bond motifs is 1. The number of benzene rings is 2. The highest BCUT2D eigenvalue weighted by molar-refractivity contribution is 7.99. The van der Waals surface area contributed by atoms with Crippen LogP contribution in [0, 0.1) is 0 Å². The lowest BCUT2D eigenvalue weighted by atomic mass is 9.90. The number of rotatable bonds is 3. The fourth-order valence-electron chi connectivity index (χ4n) is 2.44. The van der Waals surface area contributed by atoms with Crippen LogP contribution in [-0.4, -0.2) is 5.91 Å². The Bertz CT molecular complexity index is 677. The molecule has 0 heterocycles. The first-order valence-corrected chi connectivity index (χ1v) is 7.42. The summed E-state index contributed by atoms with van der Waals surface area (Å²) in [7, 11) is 0. The van der Waals surface area contributed by atoms with Crippen LogP contribution in [0.1, 0.15) is 17.5 Å². The first kappa shape index (κ1) is 13.0. The monoisotopic (exact) mass is 281 g/mol. The van der Waals surface area contributed by atoms with E-state index in [1.165, 1.54) is 15.4 Å². The quantitative estimate of drug-likeness (QED) is 0.933. The second-order valence-corrected chi connectivity index (χ2v) is 5.90. The van der Waals surface area contributed by atoms with Gasteiger partial charge in [0.1, 0.15) is 0 Å². The number of hydrogen-bond acceptors (Lipinski definition) is 2. The lowest BCUT2D eigenvalue weighted by Crippen LogP contribution is -2.16. The first-order valence-electron chi connectivity index (χ1n) is 6.60. The van der Waals surface area contributed by atoms with Crippen LogP contribution in [0.15, 0.2) is 64.4 Å². The number of carbonyl (C=O) groups excluding carboxylic acids is 1. The minimum absolute atomic E-state index is 0.339. The van der Waals surface area contributed by atoms with Gasteiger partial charge in [0.05, 0.1) is 0 Å². The van der Waals surface area contributed by atoms with Gasteiger partial charge in [0, 0.05) is 15.4 Å². The maximum atomic E-state index is 11.4. The molecule has 0 radical (unpaired) electrons. The van der Waals surface area contributed by atoms with E-state index >= 15 is 0 Å². The van der Waals surface area contributed by atoms with Gasteiger partial charge in [-0.3, -0.25) is 4.79 Å². The van der Waals surface area contributed by atoms with E-state index < -0.39 is 0 Å². The Balaban J connectivity index is 1.91. The molecule has 2 aromatic carbocycles. The molecule has 1 aliphatic rings. The Kier molecular flexibility index (Phi) is 3.61. The van der Waals surface area contributed by atoms with Crippen LogP contribution in [0.25, 0.3) is 5.57 Å². The summed E-state index contributed by atoms with van der Waals surface area (Å²) in [4.78, 5) is 13.9. The molecule has 20 heavy (non-hydrogen) atoms. The van der Waals surface area contributed by atoms with E-state index in [0.717, 1.165) is 18.4 Å². The van der Waals surface area contributed by atoms with Gasteiger partial charge in [0.25, 0.3) is 0 Å². The lowest BCUT2D eigenvalue weighted by molar-refractivity contribution is -0.112. The standard InChI is InChI=1S/C17H15NOS/c18-17(19)16-8-4-5-12-11-14(9-10-15(12)16)20-13-6-2-1-3-7-13/h1-3,6-11H,4-5H2,(H2,18,19). The summed E-state index contributed by atoms with van der Waals surface area (Å²) in [5, 5.41) is 0. The molecule has 3 heteroatoms. The topological polar surface area (TPSA) is 43.1 Å². The van der Waals surface area contributed by atoms with Gasteiger partial charge < -0.3 is 5.73 Å². The van der Waals surface area contributed by atoms with Gasteiger partial charge in [0.2, 0.25) is 5.91 Å².